The first-order chi connectivity index (χ1) is 6.70. The van der Waals surface area contributed by atoms with Crippen molar-refractivity contribution in [1.29, 1.82) is 0 Å². The predicted octanol–water partition coefficient (Wildman–Crippen LogP) is 2.50. The normalized spacial score (nSPS) is 27.6. The van der Waals surface area contributed by atoms with E-state index in [9.17, 15) is 4.79 Å². The van der Waals surface area contributed by atoms with Gasteiger partial charge in [0.2, 0.25) is 5.91 Å². The number of amides is 1. The maximum Gasteiger partial charge on any atom is 0.250 e. The molecule has 0 aromatic carbocycles. The zero-order valence-corrected chi connectivity index (χ0v) is 9.18. The van der Waals surface area contributed by atoms with E-state index in [-0.39, 0.29) is 0 Å². The summed E-state index contributed by atoms with van der Waals surface area (Å²) in [5.41, 5.74) is 2.29. The molecule has 2 heterocycles. The molecule has 0 radical (unpaired) electrons. The molecule has 2 aliphatic rings. The lowest BCUT2D eigenvalue weighted by molar-refractivity contribution is -0.126. The average Bonchev–Trinajstić information content (AvgIpc) is 2.37. The van der Waals surface area contributed by atoms with Crippen molar-refractivity contribution in [2.75, 3.05) is 6.54 Å². The fourth-order valence-corrected chi connectivity index (χ4v) is 2.57. The highest BCUT2D eigenvalue weighted by atomic mass is 16.2. The largest absolute Gasteiger partial charge is 0.336 e. The highest BCUT2D eigenvalue weighted by Gasteiger charge is 2.35. The molecule has 2 rings (SSSR count). The van der Waals surface area contributed by atoms with E-state index in [2.05, 4.69) is 18.7 Å². The lowest BCUT2D eigenvalue weighted by Crippen LogP contribution is -2.32. The quantitative estimate of drug-likeness (QED) is 0.541. The van der Waals surface area contributed by atoms with Crippen LogP contribution in [0.5, 0.6) is 0 Å². The van der Waals surface area contributed by atoms with Crippen molar-refractivity contribution < 1.29 is 4.79 Å². The number of fused-ring (bicyclic) bond motifs is 1. The van der Waals surface area contributed by atoms with E-state index in [0.29, 0.717) is 11.9 Å². The molecule has 1 unspecified atom stereocenters. The van der Waals surface area contributed by atoms with Crippen molar-refractivity contribution in [2.24, 2.45) is 0 Å². The number of nitrogens with zero attached hydrogens (tertiary/aromatic N) is 1. The third-order valence-electron chi connectivity index (χ3n) is 3.44. The molecule has 14 heavy (non-hydrogen) atoms. The number of carbonyl (C=O) groups is 1. The summed E-state index contributed by atoms with van der Waals surface area (Å²) in [5, 5.41) is 0. The van der Waals surface area contributed by atoms with Gasteiger partial charge in [0.15, 0.2) is 0 Å². The topological polar surface area (TPSA) is 20.3 Å². The second-order valence-corrected chi connectivity index (χ2v) is 4.68. The van der Waals surface area contributed by atoms with Crippen LogP contribution in [-0.2, 0) is 4.79 Å². The minimum absolute atomic E-state index is 0.317. The molecule has 1 amide bonds. The predicted molar refractivity (Wildman–Crippen MR) is 57.0 cm³/mol. The van der Waals surface area contributed by atoms with E-state index in [0.717, 1.165) is 18.5 Å². The van der Waals surface area contributed by atoms with Crippen LogP contribution in [0.25, 0.3) is 0 Å². The first kappa shape index (κ1) is 9.75. The standard InChI is InChI=1S/C12H19NO/c1-9(2)11-8-10-6-4-3-5-7-13(10)12(11)14/h10H,3-8H2,1-2H3. The van der Waals surface area contributed by atoms with E-state index in [1.54, 1.807) is 0 Å². The molecule has 78 valence electrons. The molecular weight excluding hydrogens is 174 g/mol. The Kier molecular flexibility index (Phi) is 2.62. The van der Waals surface area contributed by atoms with Gasteiger partial charge in [-0.25, -0.2) is 0 Å². The van der Waals surface area contributed by atoms with Crippen LogP contribution in [0.15, 0.2) is 11.1 Å². The van der Waals surface area contributed by atoms with Crippen LogP contribution in [-0.4, -0.2) is 23.4 Å². The fraction of sp³-hybridized carbons (Fsp3) is 0.750. The van der Waals surface area contributed by atoms with Crippen LogP contribution in [0, 0.1) is 0 Å². The minimum atomic E-state index is 0.317. The van der Waals surface area contributed by atoms with Gasteiger partial charge < -0.3 is 4.90 Å². The second kappa shape index (κ2) is 3.76. The van der Waals surface area contributed by atoms with Gasteiger partial charge in [-0.3, -0.25) is 4.79 Å². The Balaban J connectivity index is 2.21. The summed E-state index contributed by atoms with van der Waals surface area (Å²) < 4.78 is 0. The summed E-state index contributed by atoms with van der Waals surface area (Å²) in [5.74, 6) is 0.317. The molecule has 1 atom stereocenters. The highest BCUT2D eigenvalue weighted by Crippen LogP contribution is 2.31. The molecule has 2 nitrogen and oxygen atoms in total. The van der Waals surface area contributed by atoms with Gasteiger partial charge in [0.25, 0.3) is 0 Å². The Morgan fingerprint density at radius 3 is 2.79 bits per heavy atom. The van der Waals surface area contributed by atoms with E-state index >= 15 is 0 Å². The summed E-state index contributed by atoms with van der Waals surface area (Å²) in [4.78, 5) is 14.1. The SMILES string of the molecule is CC(C)=C1CC2CCCCCN2C1=O. The van der Waals surface area contributed by atoms with Crippen molar-refractivity contribution in [3.05, 3.63) is 11.1 Å². The summed E-state index contributed by atoms with van der Waals surface area (Å²) in [6.45, 7) is 5.10. The first-order valence-electron chi connectivity index (χ1n) is 5.67. The Hall–Kier alpha value is -0.790. The summed E-state index contributed by atoms with van der Waals surface area (Å²) in [7, 11) is 0. The van der Waals surface area contributed by atoms with Crippen molar-refractivity contribution in [1.82, 2.24) is 4.90 Å². The minimum Gasteiger partial charge on any atom is -0.336 e. The van der Waals surface area contributed by atoms with Crippen LogP contribution in [0.1, 0.15) is 46.0 Å². The van der Waals surface area contributed by atoms with Gasteiger partial charge in [-0.05, 0) is 33.1 Å². The van der Waals surface area contributed by atoms with E-state index in [4.69, 9.17) is 0 Å². The summed E-state index contributed by atoms with van der Waals surface area (Å²) >= 11 is 0. The van der Waals surface area contributed by atoms with Gasteiger partial charge >= 0.3 is 0 Å². The zero-order valence-electron chi connectivity index (χ0n) is 9.18. The number of hydrogen-bond donors (Lipinski definition) is 0. The highest BCUT2D eigenvalue weighted by molar-refractivity contribution is 5.96. The van der Waals surface area contributed by atoms with E-state index in [1.807, 2.05) is 0 Å². The monoisotopic (exact) mass is 193 g/mol. The smallest absolute Gasteiger partial charge is 0.250 e. The van der Waals surface area contributed by atoms with Crippen molar-refractivity contribution in [3.63, 3.8) is 0 Å². The zero-order chi connectivity index (χ0) is 10.1. The molecule has 0 aromatic heterocycles. The first-order valence-corrected chi connectivity index (χ1v) is 5.67. The molecule has 0 bridgehead atoms. The van der Waals surface area contributed by atoms with Gasteiger partial charge in [-0.15, -0.1) is 0 Å². The molecule has 2 saturated heterocycles. The van der Waals surface area contributed by atoms with Crippen molar-refractivity contribution in [2.45, 2.75) is 52.0 Å². The fourth-order valence-electron chi connectivity index (χ4n) is 2.57. The maximum absolute atomic E-state index is 12.0. The Labute approximate surface area is 86.0 Å². The molecule has 2 aliphatic heterocycles. The molecule has 0 spiro atoms. The maximum atomic E-state index is 12.0. The van der Waals surface area contributed by atoms with Gasteiger partial charge in [-0.1, -0.05) is 18.4 Å². The molecule has 0 aromatic rings. The van der Waals surface area contributed by atoms with Gasteiger partial charge in [0, 0.05) is 18.2 Å². The molecular formula is C12H19NO. The Morgan fingerprint density at radius 2 is 2.07 bits per heavy atom. The van der Waals surface area contributed by atoms with Gasteiger partial charge in [-0.2, -0.15) is 0 Å². The van der Waals surface area contributed by atoms with Gasteiger partial charge in [0.1, 0.15) is 0 Å². The molecule has 0 aliphatic carbocycles. The number of carbonyl (C=O) groups excluding carboxylic acids is 1. The lowest BCUT2D eigenvalue weighted by atomic mass is 10.0. The Morgan fingerprint density at radius 1 is 1.29 bits per heavy atom. The third kappa shape index (κ3) is 1.58. The van der Waals surface area contributed by atoms with Crippen molar-refractivity contribution >= 4 is 5.91 Å². The van der Waals surface area contributed by atoms with E-state index in [1.165, 1.54) is 31.3 Å². The van der Waals surface area contributed by atoms with Crippen molar-refractivity contribution in [3.8, 4) is 0 Å². The van der Waals surface area contributed by atoms with Crippen LogP contribution in [0.4, 0.5) is 0 Å². The average molecular weight is 193 g/mol. The van der Waals surface area contributed by atoms with Crippen LogP contribution in [0.2, 0.25) is 0 Å². The van der Waals surface area contributed by atoms with Gasteiger partial charge in [0.05, 0.1) is 0 Å². The third-order valence-corrected chi connectivity index (χ3v) is 3.44. The molecule has 2 heteroatoms. The van der Waals surface area contributed by atoms with Crippen LogP contribution in [0.3, 0.4) is 0 Å². The lowest BCUT2D eigenvalue weighted by Gasteiger charge is -2.20. The number of hydrogen-bond acceptors (Lipinski definition) is 1. The number of allylic oxidation sites excluding steroid dienone is 1. The van der Waals surface area contributed by atoms with E-state index < -0.39 is 0 Å². The summed E-state index contributed by atoms with van der Waals surface area (Å²) in [6, 6.07) is 0.523. The second-order valence-electron chi connectivity index (χ2n) is 4.68. The Bertz CT molecular complexity index is 276. The summed E-state index contributed by atoms with van der Waals surface area (Å²) in [6.07, 6.45) is 6.00. The van der Waals surface area contributed by atoms with Crippen LogP contribution >= 0.6 is 0 Å². The number of rotatable bonds is 0. The van der Waals surface area contributed by atoms with Crippen LogP contribution < -0.4 is 0 Å². The molecule has 0 saturated carbocycles. The molecule has 2 fully saturated rings. The molecule has 0 N–H and O–H groups in total.